The van der Waals surface area contributed by atoms with Crippen LogP contribution in [0, 0.1) is 13.8 Å². The zero-order chi connectivity index (χ0) is 16.3. The molecular formula is C15H21N3O3S. The normalized spacial score (nSPS) is 11.6. The van der Waals surface area contributed by atoms with Crippen molar-refractivity contribution in [3.05, 3.63) is 41.2 Å². The number of aryl methyl sites for hydroxylation is 2. The van der Waals surface area contributed by atoms with Gasteiger partial charge in [-0.1, -0.05) is 12.1 Å². The molecule has 1 N–H and O–H groups in total. The van der Waals surface area contributed by atoms with Gasteiger partial charge in [0.05, 0.1) is 18.5 Å². The van der Waals surface area contributed by atoms with E-state index in [2.05, 4.69) is 9.82 Å². The first-order valence-electron chi connectivity index (χ1n) is 6.98. The fourth-order valence-electron chi connectivity index (χ4n) is 2.34. The van der Waals surface area contributed by atoms with Gasteiger partial charge >= 0.3 is 0 Å². The van der Waals surface area contributed by atoms with Crippen LogP contribution in [-0.4, -0.2) is 31.9 Å². The van der Waals surface area contributed by atoms with Gasteiger partial charge in [-0.3, -0.25) is 4.68 Å². The fourth-order valence-corrected chi connectivity index (χ4v) is 3.80. The van der Waals surface area contributed by atoms with Crippen LogP contribution in [-0.2, 0) is 23.5 Å². The number of sulfonamides is 1. The maximum Gasteiger partial charge on any atom is 0.244 e. The van der Waals surface area contributed by atoms with Crippen molar-refractivity contribution < 1.29 is 13.2 Å². The average molecular weight is 323 g/mol. The van der Waals surface area contributed by atoms with Crippen LogP contribution in [0.5, 0.6) is 5.75 Å². The highest BCUT2D eigenvalue weighted by atomic mass is 32.2. The highest BCUT2D eigenvalue weighted by Gasteiger charge is 2.23. The summed E-state index contributed by atoms with van der Waals surface area (Å²) in [6.07, 6.45) is 0.613. The van der Waals surface area contributed by atoms with E-state index < -0.39 is 10.0 Å². The number of benzene rings is 1. The highest BCUT2D eigenvalue weighted by molar-refractivity contribution is 7.89. The van der Waals surface area contributed by atoms with Gasteiger partial charge in [0.2, 0.25) is 10.0 Å². The molecule has 1 aromatic heterocycles. The van der Waals surface area contributed by atoms with Crippen LogP contribution in [0.4, 0.5) is 0 Å². The molecule has 0 saturated carbocycles. The molecule has 0 unspecified atom stereocenters. The summed E-state index contributed by atoms with van der Waals surface area (Å²) in [5.74, 6) is 0.783. The van der Waals surface area contributed by atoms with Crippen molar-refractivity contribution >= 4 is 10.0 Å². The van der Waals surface area contributed by atoms with E-state index in [1.807, 2.05) is 24.3 Å². The lowest BCUT2D eigenvalue weighted by Gasteiger charge is -2.08. The van der Waals surface area contributed by atoms with Gasteiger partial charge in [-0.2, -0.15) is 5.10 Å². The van der Waals surface area contributed by atoms with Crippen molar-refractivity contribution in [1.82, 2.24) is 14.5 Å². The van der Waals surface area contributed by atoms with E-state index in [4.69, 9.17) is 4.74 Å². The molecular weight excluding hydrogens is 302 g/mol. The Balaban J connectivity index is 2.03. The second-order valence-corrected chi connectivity index (χ2v) is 6.82. The molecule has 0 aliphatic rings. The number of nitrogens with one attached hydrogen (secondary N) is 1. The number of rotatable bonds is 6. The topological polar surface area (TPSA) is 73.2 Å². The molecule has 0 saturated heterocycles. The average Bonchev–Trinajstić information content (AvgIpc) is 2.73. The molecule has 0 bridgehead atoms. The molecule has 0 fully saturated rings. The van der Waals surface area contributed by atoms with Crippen molar-refractivity contribution in [2.75, 3.05) is 13.7 Å². The second kappa shape index (κ2) is 6.50. The van der Waals surface area contributed by atoms with Gasteiger partial charge < -0.3 is 4.74 Å². The van der Waals surface area contributed by atoms with Crippen molar-refractivity contribution in [1.29, 1.82) is 0 Å². The van der Waals surface area contributed by atoms with Crippen LogP contribution in [0.2, 0.25) is 0 Å². The predicted octanol–water partition coefficient (Wildman–Crippen LogP) is 1.57. The summed E-state index contributed by atoms with van der Waals surface area (Å²) in [4.78, 5) is 0.268. The lowest BCUT2D eigenvalue weighted by atomic mass is 10.1. The molecule has 1 aromatic carbocycles. The second-order valence-electron chi connectivity index (χ2n) is 5.12. The number of hydrogen-bond acceptors (Lipinski definition) is 4. The highest BCUT2D eigenvalue weighted by Crippen LogP contribution is 2.18. The maximum atomic E-state index is 12.4. The molecule has 0 atom stereocenters. The van der Waals surface area contributed by atoms with E-state index in [1.54, 1.807) is 32.7 Å². The van der Waals surface area contributed by atoms with Gasteiger partial charge in [-0.05, 0) is 38.0 Å². The number of hydrogen-bond donors (Lipinski definition) is 1. The van der Waals surface area contributed by atoms with Crippen molar-refractivity contribution in [2.24, 2.45) is 7.05 Å². The largest absolute Gasteiger partial charge is 0.497 e. The molecule has 0 radical (unpaired) electrons. The summed E-state index contributed by atoms with van der Waals surface area (Å²) in [6, 6.07) is 7.57. The number of methoxy groups -OCH3 is 1. The molecule has 120 valence electrons. The molecule has 0 spiro atoms. The first-order valence-corrected chi connectivity index (χ1v) is 8.46. The molecule has 1 heterocycles. The Morgan fingerprint density at radius 1 is 1.23 bits per heavy atom. The molecule has 0 aliphatic carbocycles. The minimum absolute atomic E-state index is 0.268. The third-order valence-electron chi connectivity index (χ3n) is 3.58. The Hall–Kier alpha value is -1.86. The molecule has 0 amide bonds. The Kier molecular flexibility index (Phi) is 4.87. The van der Waals surface area contributed by atoms with Gasteiger partial charge in [-0.15, -0.1) is 0 Å². The lowest BCUT2D eigenvalue weighted by molar-refractivity contribution is 0.414. The summed E-state index contributed by atoms with van der Waals surface area (Å²) >= 11 is 0. The van der Waals surface area contributed by atoms with E-state index in [0.29, 0.717) is 24.4 Å². The molecule has 6 nitrogen and oxygen atoms in total. The lowest BCUT2D eigenvalue weighted by Crippen LogP contribution is -2.27. The molecule has 2 rings (SSSR count). The number of aromatic nitrogens is 2. The summed E-state index contributed by atoms with van der Waals surface area (Å²) < 4.78 is 34.1. The van der Waals surface area contributed by atoms with E-state index in [0.717, 1.165) is 11.3 Å². The van der Waals surface area contributed by atoms with E-state index in [-0.39, 0.29) is 4.90 Å². The van der Waals surface area contributed by atoms with E-state index in [9.17, 15) is 8.42 Å². The van der Waals surface area contributed by atoms with Crippen LogP contribution in [0.25, 0.3) is 0 Å². The summed E-state index contributed by atoms with van der Waals surface area (Å²) in [6.45, 7) is 3.78. The van der Waals surface area contributed by atoms with Crippen molar-refractivity contribution in [2.45, 2.75) is 25.2 Å². The third-order valence-corrected chi connectivity index (χ3v) is 5.29. The zero-order valence-electron chi connectivity index (χ0n) is 13.3. The van der Waals surface area contributed by atoms with Crippen LogP contribution in [0.3, 0.4) is 0 Å². The van der Waals surface area contributed by atoms with Crippen molar-refractivity contribution in [3.63, 3.8) is 0 Å². The smallest absolute Gasteiger partial charge is 0.244 e. The Morgan fingerprint density at radius 3 is 2.36 bits per heavy atom. The van der Waals surface area contributed by atoms with Crippen molar-refractivity contribution in [3.8, 4) is 5.75 Å². The minimum atomic E-state index is -3.54. The molecule has 2 aromatic rings. The number of nitrogens with zero attached hydrogens (tertiary/aromatic N) is 2. The third kappa shape index (κ3) is 3.48. The summed E-state index contributed by atoms with van der Waals surface area (Å²) in [5, 5.41) is 4.15. The van der Waals surface area contributed by atoms with Crippen LogP contribution in [0.15, 0.2) is 29.2 Å². The van der Waals surface area contributed by atoms with Crippen LogP contribution >= 0.6 is 0 Å². The summed E-state index contributed by atoms with van der Waals surface area (Å²) in [7, 11) is -0.194. The van der Waals surface area contributed by atoms with Gasteiger partial charge in [-0.25, -0.2) is 13.1 Å². The van der Waals surface area contributed by atoms with Gasteiger partial charge in [0.25, 0.3) is 0 Å². The van der Waals surface area contributed by atoms with Gasteiger partial charge in [0.15, 0.2) is 0 Å². The van der Waals surface area contributed by atoms with Gasteiger partial charge in [0, 0.05) is 13.6 Å². The molecule has 0 aliphatic heterocycles. The quantitative estimate of drug-likeness (QED) is 0.876. The Bertz CT molecular complexity index is 749. The first-order chi connectivity index (χ1) is 10.3. The minimum Gasteiger partial charge on any atom is -0.497 e. The summed E-state index contributed by atoms with van der Waals surface area (Å²) in [5.41, 5.74) is 2.19. The molecule has 22 heavy (non-hydrogen) atoms. The van der Waals surface area contributed by atoms with Crippen LogP contribution in [0.1, 0.15) is 17.0 Å². The standard InChI is InChI=1S/C15H21N3O3S/c1-11-15(12(2)18(3)17-11)22(19,20)16-10-9-13-5-7-14(21-4)8-6-13/h5-8,16H,9-10H2,1-4H3. The Morgan fingerprint density at radius 2 is 1.86 bits per heavy atom. The van der Waals surface area contributed by atoms with E-state index in [1.165, 1.54) is 0 Å². The SMILES string of the molecule is COc1ccc(CCNS(=O)(=O)c2c(C)nn(C)c2C)cc1. The maximum absolute atomic E-state index is 12.4. The van der Waals surface area contributed by atoms with Crippen LogP contribution < -0.4 is 9.46 Å². The zero-order valence-corrected chi connectivity index (χ0v) is 14.1. The first kappa shape index (κ1) is 16.5. The Labute approximate surface area is 131 Å². The van der Waals surface area contributed by atoms with Gasteiger partial charge in [0.1, 0.15) is 10.6 Å². The molecule has 7 heteroatoms. The monoisotopic (exact) mass is 323 g/mol. The predicted molar refractivity (Wildman–Crippen MR) is 84.6 cm³/mol. The van der Waals surface area contributed by atoms with E-state index >= 15 is 0 Å². The fraction of sp³-hybridized carbons (Fsp3) is 0.400. The number of ether oxygens (including phenoxy) is 1.